The smallest absolute Gasteiger partial charge is 0.258 e. The van der Waals surface area contributed by atoms with Crippen LogP contribution in [0.4, 0.5) is 5.69 Å². The van der Waals surface area contributed by atoms with Gasteiger partial charge in [0.15, 0.2) is 0 Å². The van der Waals surface area contributed by atoms with Crippen LogP contribution in [0.5, 0.6) is 0 Å². The molecule has 0 N–H and O–H groups in total. The second kappa shape index (κ2) is 4.61. The molecule has 0 aliphatic heterocycles. The molecule has 0 atom stereocenters. The van der Waals surface area contributed by atoms with Crippen molar-refractivity contribution in [3.8, 4) is 11.5 Å². The lowest BCUT2D eigenvalue weighted by atomic mass is 10.3. The number of rotatable bonds is 3. The first-order chi connectivity index (χ1) is 9.68. The highest BCUT2D eigenvalue weighted by molar-refractivity contribution is 5.54. The lowest BCUT2D eigenvalue weighted by Crippen LogP contribution is -2.07. The Morgan fingerprint density at radius 3 is 2.55 bits per heavy atom. The molecule has 0 radical (unpaired) electrons. The Balaban J connectivity index is 2.31. The predicted octanol–water partition coefficient (Wildman–Crippen LogP) is 2.27. The van der Waals surface area contributed by atoms with Crippen LogP contribution >= 0.6 is 0 Å². The molecule has 2 aromatic heterocycles. The fourth-order valence-corrected chi connectivity index (χ4v) is 2.07. The third kappa shape index (κ3) is 1.85. The summed E-state index contributed by atoms with van der Waals surface area (Å²) in [5, 5.41) is 19.6. The summed E-state index contributed by atoms with van der Waals surface area (Å²) in [4.78, 5) is 10.9. The minimum absolute atomic E-state index is 0.0439. The first-order valence-corrected chi connectivity index (χ1v) is 5.98. The van der Waals surface area contributed by atoms with Crippen molar-refractivity contribution in [1.29, 1.82) is 0 Å². The number of hydrogen-bond donors (Lipinski definition) is 0. The largest absolute Gasteiger partial charge is 0.336 e. The Kier molecular flexibility index (Phi) is 2.79. The van der Waals surface area contributed by atoms with Gasteiger partial charge >= 0.3 is 5.69 Å². The van der Waals surface area contributed by atoms with E-state index in [2.05, 4.69) is 10.2 Å². The maximum absolute atomic E-state index is 11.3. The highest BCUT2D eigenvalue weighted by Crippen LogP contribution is 2.28. The Morgan fingerprint density at radius 2 is 1.95 bits per heavy atom. The van der Waals surface area contributed by atoms with Crippen LogP contribution in [-0.4, -0.2) is 24.5 Å². The molecular formula is C13H11N5O2. The fraction of sp³-hybridized carbons (Fsp3) is 0.0769. The van der Waals surface area contributed by atoms with Gasteiger partial charge in [-0.3, -0.25) is 10.1 Å². The molecule has 0 amide bonds. The molecule has 1 aromatic carbocycles. The van der Waals surface area contributed by atoms with Crippen LogP contribution in [0.2, 0.25) is 0 Å². The van der Waals surface area contributed by atoms with Crippen molar-refractivity contribution in [2.24, 2.45) is 0 Å². The third-order valence-corrected chi connectivity index (χ3v) is 2.91. The molecule has 7 nitrogen and oxygen atoms in total. The van der Waals surface area contributed by atoms with Gasteiger partial charge in [-0.15, -0.1) is 0 Å². The number of nitro groups is 1. The maximum Gasteiger partial charge on any atom is 0.336 e. The normalized spacial score (nSPS) is 10.7. The maximum atomic E-state index is 11.3. The van der Waals surface area contributed by atoms with E-state index in [9.17, 15) is 10.1 Å². The van der Waals surface area contributed by atoms with Gasteiger partial charge < -0.3 is 0 Å². The van der Waals surface area contributed by atoms with E-state index in [1.54, 1.807) is 25.4 Å². The summed E-state index contributed by atoms with van der Waals surface area (Å²) >= 11 is 0. The summed E-state index contributed by atoms with van der Waals surface area (Å²) in [5.74, 6) is 0.323. The van der Waals surface area contributed by atoms with E-state index in [-0.39, 0.29) is 5.69 Å². The summed E-state index contributed by atoms with van der Waals surface area (Å²) in [6.07, 6.45) is 3.23. The Hall–Kier alpha value is -2.96. The van der Waals surface area contributed by atoms with Crippen molar-refractivity contribution in [3.63, 3.8) is 0 Å². The molecule has 0 unspecified atom stereocenters. The zero-order chi connectivity index (χ0) is 14.1. The van der Waals surface area contributed by atoms with Crippen LogP contribution in [-0.2, 0) is 0 Å². The predicted molar refractivity (Wildman–Crippen MR) is 72.1 cm³/mol. The van der Waals surface area contributed by atoms with Gasteiger partial charge in [0, 0.05) is 12.4 Å². The number of aromatic nitrogens is 4. The number of benzene rings is 1. The minimum Gasteiger partial charge on any atom is -0.258 e. The van der Waals surface area contributed by atoms with Crippen LogP contribution in [0.25, 0.3) is 11.5 Å². The highest BCUT2D eigenvalue weighted by atomic mass is 16.6. The van der Waals surface area contributed by atoms with Gasteiger partial charge in [-0.05, 0) is 25.1 Å². The molecule has 0 saturated carbocycles. The van der Waals surface area contributed by atoms with Crippen LogP contribution < -0.4 is 0 Å². The van der Waals surface area contributed by atoms with Crippen molar-refractivity contribution < 1.29 is 4.92 Å². The molecule has 2 heterocycles. The highest BCUT2D eigenvalue weighted by Gasteiger charge is 2.27. The quantitative estimate of drug-likeness (QED) is 0.539. The van der Waals surface area contributed by atoms with Crippen molar-refractivity contribution in [2.75, 3.05) is 0 Å². The van der Waals surface area contributed by atoms with Crippen LogP contribution in [0.1, 0.15) is 5.69 Å². The number of aryl methyl sites for hydroxylation is 1. The van der Waals surface area contributed by atoms with E-state index in [1.165, 1.54) is 9.36 Å². The second-order valence-corrected chi connectivity index (χ2v) is 4.21. The molecule has 0 aliphatic carbocycles. The third-order valence-electron chi connectivity index (χ3n) is 2.91. The van der Waals surface area contributed by atoms with E-state index >= 15 is 0 Å². The first kappa shape index (κ1) is 12.1. The first-order valence-electron chi connectivity index (χ1n) is 5.98. The monoisotopic (exact) mass is 269 g/mol. The van der Waals surface area contributed by atoms with Gasteiger partial charge in [-0.25, -0.2) is 9.36 Å². The number of hydrogen-bond acceptors (Lipinski definition) is 4. The molecule has 0 spiro atoms. The van der Waals surface area contributed by atoms with E-state index in [4.69, 9.17) is 0 Å². The molecule has 20 heavy (non-hydrogen) atoms. The molecule has 7 heteroatoms. The fourth-order valence-electron chi connectivity index (χ4n) is 2.07. The molecule has 0 bridgehead atoms. The average Bonchev–Trinajstić information content (AvgIpc) is 3.06. The zero-order valence-electron chi connectivity index (χ0n) is 10.7. The van der Waals surface area contributed by atoms with Crippen LogP contribution in [0.15, 0.2) is 48.8 Å². The summed E-state index contributed by atoms with van der Waals surface area (Å²) in [5.41, 5.74) is 1.05. The molecule has 100 valence electrons. The molecule has 0 aliphatic rings. The minimum atomic E-state index is -0.432. The van der Waals surface area contributed by atoms with Gasteiger partial charge in [0.05, 0.1) is 10.6 Å². The summed E-state index contributed by atoms with van der Waals surface area (Å²) in [6, 6.07) is 11.0. The molecule has 0 fully saturated rings. The van der Waals surface area contributed by atoms with Crippen molar-refractivity contribution >= 4 is 5.69 Å². The topological polar surface area (TPSA) is 78.8 Å². The van der Waals surface area contributed by atoms with Crippen LogP contribution in [0.3, 0.4) is 0 Å². The van der Waals surface area contributed by atoms with Gasteiger partial charge in [0.25, 0.3) is 0 Å². The van der Waals surface area contributed by atoms with Crippen LogP contribution in [0, 0.1) is 17.0 Å². The molecule has 3 aromatic rings. The van der Waals surface area contributed by atoms with E-state index in [0.717, 1.165) is 5.69 Å². The van der Waals surface area contributed by atoms with Crippen molar-refractivity contribution in [3.05, 3.63) is 64.6 Å². The number of para-hydroxylation sites is 1. The lowest BCUT2D eigenvalue weighted by molar-refractivity contribution is -0.385. The zero-order valence-corrected chi connectivity index (χ0v) is 10.7. The van der Waals surface area contributed by atoms with Crippen molar-refractivity contribution in [2.45, 2.75) is 6.92 Å². The summed E-state index contributed by atoms with van der Waals surface area (Å²) in [7, 11) is 0. The van der Waals surface area contributed by atoms with E-state index in [0.29, 0.717) is 11.5 Å². The van der Waals surface area contributed by atoms with Gasteiger partial charge in [-0.1, -0.05) is 18.2 Å². The Morgan fingerprint density at radius 1 is 1.20 bits per heavy atom. The molecule has 3 rings (SSSR count). The van der Waals surface area contributed by atoms with Gasteiger partial charge in [-0.2, -0.15) is 10.2 Å². The summed E-state index contributed by atoms with van der Waals surface area (Å²) < 4.78 is 2.98. The van der Waals surface area contributed by atoms with E-state index < -0.39 is 4.92 Å². The Bertz CT molecular complexity index is 747. The summed E-state index contributed by atoms with van der Waals surface area (Å²) in [6.45, 7) is 1.62. The van der Waals surface area contributed by atoms with E-state index in [1.807, 2.05) is 30.3 Å². The van der Waals surface area contributed by atoms with Crippen molar-refractivity contribution in [1.82, 2.24) is 19.6 Å². The lowest BCUT2D eigenvalue weighted by Gasteiger charge is -2.06. The molecular weight excluding hydrogens is 258 g/mol. The SMILES string of the molecule is Cc1nn(-c2ccccc2)c(-n2cccn2)c1[N+](=O)[O-]. The average molecular weight is 269 g/mol. The molecule has 0 saturated heterocycles. The van der Waals surface area contributed by atoms with Gasteiger partial charge in [0.1, 0.15) is 5.69 Å². The Labute approximate surface area is 114 Å². The standard InChI is InChI=1S/C13H11N5O2/c1-10-12(18(19)20)13(16-9-5-8-14-16)17(15-10)11-6-3-2-4-7-11/h2-9H,1H3. The second-order valence-electron chi connectivity index (χ2n) is 4.21. The van der Waals surface area contributed by atoms with Gasteiger partial charge in [0.2, 0.25) is 5.82 Å². The number of nitrogens with zero attached hydrogens (tertiary/aromatic N) is 5.